The maximum Gasteiger partial charge on any atom is 0.304 e. The molecule has 2 aromatic carbocycles. The summed E-state index contributed by atoms with van der Waals surface area (Å²) in [5.41, 5.74) is 0.872. The topological polar surface area (TPSA) is 96.4 Å². The monoisotopic (exact) mass is 460 g/mol. The van der Waals surface area contributed by atoms with Crippen molar-refractivity contribution in [1.29, 1.82) is 0 Å². The van der Waals surface area contributed by atoms with Crippen LogP contribution < -0.4 is 9.47 Å². The van der Waals surface area contributed by atoms with Gasteiger partial charge in [0.2, 0.25) is 5.91 Å². The normalized spacial score (nSPS) is 15.2. The van der Waals surface area contributed by atoms with Crippen molar-refractivity contribution in [3.05, 3.63) is 54.1 Å². The minimum absolute atomic E-state index is 0.0147. The third kappa shape index (κ3) is 7.35. The zero-order valence-electron chi connectivity index (χ0n) is 18.1. The molecule has 8 nitrogen and oxygen atoms in total. The van der Waals surface area contributed by atoms with Gasteiger partial charge in [0.15, 0.2) is 0 Å². The van der Waals surface area contributed by atoms with Crippen LogP contribution in [0.3, 0.4) is 0 Å². The van der Waals surface area contributed by atoms with Crippen LogP contribution in [0.15, 0.2) is 48.5 Å². The second-order valence-electron chi connectivity index (χ2n) is 7.52. The van der Waals surface area contributed by atoms with Crippen LogP contribution >= 0.6 is 0 Å². The molecule has 1 N–H and O–H groups in total. The van der Waals surface area contributed by atoms with Crippen molar-refractivity contribution in [2.75, 3.05) is 45.6 Å². The molecular formula is C23H28N2O6S. The molecule has 3 rings (SSSR count). The number of carboxylic acids is 1. The van der Waals surface area contributed by atoms with E-state index in [-0.39, 0.29) is 18.1 Å². The van der Waals surface area contributed by atoms with Crippen molar-refractivity contribution in [3.63, 3.8) is 0 Å². The summed E-state index contributed by atoms with van der Waals surface area (Å²) in [7, 11) is 0.302. The summed E-state index contributed by atoms with van der Waals surface area (Å²) >= 11 is 0. The molecule has 0 spiro atoms. The largest absolute Gasteiger partial charge is 0.497 e. The van der Waals surface area contributed by atoms with Crippen molar-refractivity contribution in [2.45, 2.75) is 12.2 Å². The van der Waals surface area contributed by atoms with E-state index in [0.29, 0.717) is 50.0 Å². The van der Waals surface area contributed by atoms with Gasteiger partial charge >= 0.3 is 5.97 Å². The highest BCUT2D eigenvalue weighted by molar-refractivity contribution is 7.84. The van der Waals surface area contributed by atoms with E-state index in [1.807, 2.05) is 53.4 Å². The molecule has 1 saturated heterocycles. The molecule has 0 bridgehead atoms. The molecular weight excluding hydrogens is 432 g/mol. The number of ether oxygens (including phenoxy) is 2. The van der Waals surface area contributed by atoms with Crippen molar-refractivity contribution >= 4 is 22.7 Å². The van der Waals surface area contributed by atoms with Gasteiger partial charge in [-0.2, -0.15) is 0 Å². The van der Waals surface area contributed by atoms with Crippen molar-refractivity contribution in [3.8, 4) is 17.2 Å². The van der Waals surface area contributed by atoms with Gasteiger partial charge in [-0.05, 0) is 42.0 Å². The van der Waals surface area contributed by atoms with Gasteiger partial charge in [0.05, 0.1) is 13.5 Å². The molecule has 1 fully saturated rings. The molecule has 1 amide bonds. The van der Waals surface area contributed by atoms with Crippen LogP contribution in [0.4, 0.5) is 0 Å². The van der Waals surface area contributed by atoms with Gasteiger partial charge in [-0.3, -0.25) is 18.7 Å². The zero-order valence-corrected chi connectivity index (χ0v) is 18.9. The molecule has 0 radical (unpaired) electrons. The van der Waals surface area contributed by atoms with Gasteiger partial charge in [0.25, 0.3) is 0 Å². The Kier molecular flexibility index (Phi) is 8.64. The maximum atomic E-state index is 12.5. The van der Waals surface area contributed by atoms with Crippen molar-refractivity contribution in [1.82, 2.24) is 9.80 Å². The number of aliphatic carboxylic acids is 1. The number of nitrogens with zero attached hydrogens (tertiary/aromatic N) is 2. The van der Waals surface area contributed by atoms with E-state index in [1.54, 1.807) is 12.0 Å². The lowest BCUT2D eigenvalue weighted by Crippen LogP contribution is -2.50. The van der Waals surface area contributed by atoms with E-state index in [1.165, 1.54) is 0 Å². The first-order valence-electron chi connectivity index (χ1n) is 10.4. The summed E-state index contributed by atoms with van der Waals surface area (Å²) in [6.45, 7) is 2.84. The van der Waals surface area contributed by atoms with Crippen LogP contribution in [0.25, 0.3) is 0 Å². The number of hydrogen-bond donors (Lipinski definition) is 1. The molecule has 2 aromatic rings. The van der Waals surface area contributed by atoms with E-state index in [9.17, 15) is 13.8 Å². The van der Waals surface area contributed by atoms with Crippen LogP contribution in [-0.2, 0) is 26.1 Å². The van der Waals surface area contributed by atoms with E-state index >= 15 is 0 Å². The van der Waals surface area contributed by atoms with E-state index in [0.717, 1.165) is 11.3 Å². The van der Waals surface area contributed by atoms with Crippen LogP contribution in [0.2, 0.25) is 0 Å². The third-order valence-corrected chi connectivity index (χ3v) is 6.42. The Balaban J connectivity index is 1.42. The molecule has 172 valence electrons. The lowest BCUT2D eigenvalue weighted by atomic mass is 10.2. The Hall–Kier alpha value is -2.91. The number of methoxy groups -OCH3 is 1. The van der Waals surface area contributed by atoms with Gasteiger partial charge < -0.3 is 19.5 Å². The van der Waals surface area contributed by atoms with E-state index < -0.39 is 16.8 Å². The van der Waals surface area contributed by atoms with Gasteiger partial charge in [-0.1, -0.05) is 12.1 Å². The summed E-state index contributed by atoms with van der Waals surface area (Å²) in [5.74, 6) is 1.45. The molecule has 9 heteroatoms. The first-order valence-corrected chi connectivity index (χ1v) is 11.9. The molecule has 0 aromatic heterocycles. The highest BCUT2D eigenvalue weighted by atomic mass is 32.2. The second kappa shape index (κ2) is 11.6. The number of hydrogen-bond acceptors (Lipinski definition) is 6. The summed E-state index contributed by atoms with van der Waals surface area (Å²) in [5, 5.41) is 8.77. The average Bonchev–Trinajstić information content (AvgIpc) is 2.79. The number of carbonyl (C=O) groups excluding carboxylic acids is 1. The van der Waals surface area contributed by atoms with Crippen LogP contribution in [0.5, 0.6) is 17.2 Å². The fraction of sp³-hybridized carbons (Fsp3) is 0.391. The van der Waals surface area contributed by atoms with Crippen molar-refractivity contribution in [2.24, 2.45) is 0 Å². The van der Waals surface area contributed by atoms with E-state index in [2.05, 4.69) is 0 Å². The molecule has 0 aliphatic carbocycles. The molecule has 1 unspecified atom stereocenters. The molecule has 1 atom stereocenters. The van der Waals surface area contributed by atoms with E-state index in [4.69, 9.17) is 14.6 Å². The highest BCUT2D eigenvalue weighted by Crippen LogP contribution is 2.24. The quantitative estimate of drug-likeness (QED) is 0.581. The number of benzene rings is 2. The number of carboxylic acid groups (broad SMARTS) is 1. The first kappa shape index (κ1) is 23.7. The molecule has 0 saturated carbocycles. The predicted molar refractivity (Wildman–Crippen MR) is 121 cm³/mol. The lowest BCUT2D eigenvalue weighted by molar-refractivity contribution is -0.138. The lowest BCUT2D eigenvalue weighted by Gasteiger charge is -2.34. The van der Waals surface area contributed by atoms with Gasteiger partial charge in [-0.15, -0.1) is 0 Å². The smallest absolute Gasteiger partial charge is 0.304 e. The standard InChI is InChI=1S/C23H28N2O6S/c1-30-19-6-8-21(9-7-19)31-20-4-2-18(3-5-20)16-32(29)17-22(26)25-14-12-24(13-15-25)11-10-23(27)28/h2-9H,10-17H2,1H3,(H,27,28). The highest BCUT2D eigenvalue weighted by Gasteiger charge is 2.22. The number of rotatable bonds is 10. The summed E-state index contributed by atoms with van der Waals surface area (Å²) in [4.78, 5) is 26.9. The molecule has 1 heterocycles. The van der Waals surface area contributed by atoms with Crippen molar-refractivity contribution < 1.29 is 28.4 Å². The Morgan fingerprint density at radius 3 is 2.06 bits per heavy atom. The van der Waals surface area contributed by atoms with Gasteiger partial charge in [0, 0.05) is 49.3 Å². The van der Waals surface area contributed by atoms with Crippen LogP contribution in [-0.4, -0.2) is 76.6 Å². The maximum absolute atomic E-state index is 12.5. The minimum atomic E-state index is -1.31. The minimum Gasteiger partial charge on any atom is -0.497 e. The Labute approximate surface area is 190 Å². The fourth-order valence-corrected chi connectivity index (χ4v) is 4.50. The van der Waals surface area contributed by atoms with Crippen LogP contribution in [0, 0.1) is 0 Å². The molecule has 32 heavy (non-hydrogen) atoms. The third-order valence-electron chi connectivity index (χ3n) is 5.20. The summed E-state index contributed by atoms with van der Waals surface area (Å²) in [6.07, 6.45) is 0.0991. The summed E-state index contributed by atoms with van der Waals surface area (Å²) < 4.78 is 23.4. The fourth-order valence-electron chi connectivity index (χ4n) is 3.37. The SMILES string of the molecule is COc1ccc(Oc2ccc(CS(=O)CC(=O)N3CCN(CCC(=O)O)CC3)cc2)cc1. The molecule has 1 aliphatic rings. The predicted octanol–water partition coefficient (Wildman–Crippen LogP) is 2.36. The second-order valence-corrected chi connectivity index (χ2v) is 8.97. The average molecular weight is 461 g/mol. The summed E-state index contributed by atoms with van der Waals surface area (Å²) in [6, 6.07) is 14.6. The van der Waals surface area contributed by atoms with Gasteiger partial charge in [-0.25, -0.2) is 0 Å². The zero-order chi connectivity index (χ0) is 22.9. The number of piperazine rings is 1. The van der Waals surface area contributed by atoms with Crippen LogP contribution in [0.1, 0.15) is 12.0 Å². The Bertz CT molecular complexity index is 925. The Morgan fingerprint density at radius 2 is 1.50 bits per heavy atom. The Morgan fingerprint density at radius 1 is 0.938 bits per heavy atom. The number of amides is 1. The molecule has 1 aliphatic heterocycles. The number of carbonyl (C=O) groups is 2. The van der Waals surface area contributed by atoms with Gasteiger partial charge in [0.1, 0.15) is 23.0 Å². The first-order chi connectivity index (χ1) is 15.4.